The van der Waals surface area contributed by atoms with E-state index < -0.39 is 10.8 Å². The number of nitrogens with one attached hydrogen (secondary N) is 1. The van der Waals surface area contributed by atoms with Gasteiger partial charge < -0.3 is 10.1 Å². The summed E-state index contributed by atoms with van der Waals surface area (Å²) in [7, 11) is 2.58. The molecule has 19 heavy (non-hydrogen) atoms. The molecular weight excluding hydrogens is 258 g/mol. The zero-order chi connectivity index (χ0) is 13.8. The van der Waals surface area contributed by atoms with Gasteiger partial charge in [-0.3, -0.25) is 4.21 Å². The molecular formula is C15H23NO2S. The van der Waals surface area contributed by atoms with Gasteiger partial charge >= 0.3 is 0 Å². The Morgan fingerprint density at radius 3 is 2.74 bits per heavy atom. The van der Waals surface area contributed by atoms with Gasteiger partial charge in [-0.15, -0.1) is 0 Å². The van der Waals surface area contributed by atoms with Crippen molar-refractivity contribution in [3.63, 3.8) is 0 Å². The fraction of sp³-hybridized carbons (Fsp3) is 0.600. The lowest BCUT2D eigenvalue weighted by Crippen LogP contribution is -2.44. The first-order valence-corrected chi connectivity index (χ1v) is 8.09. The van der Waals surface area contributed by atoms with Crippen molar-refractivity contribution in [3.05, 3.63) is 24.3 Å². The molecule has 2 rings (SSSR count). The fourth-order valence-electron chi connectivity index (χ4n) is 2.84. The van der Waals surface area contributed by atoms with Gasteiger partial charge in [-0.2, -0.15) is 0 Å². The van der Waals surface area contributed by atoms with Crippen LogP contribution in [0.3, 0.4) is 0 Å². The van der Waals surface area contributed by atoms with Crippen molar-refractivity contribution >= 4 is 10.8 Å². The van der Waals surface area contributed by atoms with Crippen molar-refractivity contribution in [3.8, 4) is 5.75 Å². The number of ether oxygens (including phenoxy) is 1. The molecule has 0 saturated heterocycles. The SMILES string of the molecule is CNC1CCC(C)CC1S(=O)c1ccccc1OC. The summed E-state index contributed by atoms with van der Waals surface area (Å²) in [6.07, 6.45) is 3.32. The van der Waals surface area contributed by atoms with Crippen LogP contribution < -0.4 is 10.1 Å². The Morgan fingerprint density at radius 1 is 1.32 bits per heavy atom. The summed E-state index contributed by atoms with van der Waals surface area (Å²) in [5.41, 5.74) is 0. The Bertz CT molecular complexity index is 450. The van der Waals surface area contributed by atoms with E-state index in [0.29, 0.717) is 12.0 Å². The highest BCUT2D eigenvalue weighted by Gasteiger charge is 2.33. The van der Waals surface area contributed by atoms with Gasteiger partial charge in [0.15, 0.2) is 0 Å². The molecule has 0 bridgehead atoms. The largest absolute Gasteiger partial charge is 0.495 e. The molecule has 0 radical (unpaired) electrons. The van der Waals surface area contributed by atoms with E-state index in [-0.39, 0.29) is 5.25 Å². The van der Waals surface area contributed by atoms with E-state index in [9.17, 15) is 4.21 Å². The van der Waals surface area contributed by atoms with Crippen LogP contribution in [0.1, 0.15) is 26.2 Å². The fourth-order valence-corrected chi connectivity index (χ4v) is 4.81. The van der Waals surface area contributed by atoms with E-state index in [2.05, 4.69) is 12.2 Å². The topological polar surface area (TPSA) is 38.3 Å². The quantitative estimate of drug-likeness (QED) is 0.922. The number of benzene rings is 1. The maximum Gasteiger partial charge on any atom is 0.134 e. The normalized spacial score (nSPS) is 28.9. The highest BCUT2D eigenvalue weighted by atomic mass is 32.2. The summed E-state index contributed by atoms with van der Waals surface area (Å²) in [4.78, 5) is 0.823. The Morgan fingerprint density at radius 2 is 2.05 bits per heavy atom. The average Bonchev–Trinajstić information content (AvgIpc) is 2.46. The second-order valence-electron chi connectivity index (χ2n) is 5.30. The molecule has 1 aliphatic rings. The van der Waals surface area contributed by atoms with Crippen molar-refractivity contribution in [1.82, 2.24) is 5.32 Å². The summed E-state index contributed by atoms with van der Waals surface area (Å²) in [6, 6.07) is 7.98. The number of hydrogen-bond acceptors (Lipinski definition) is 3. The van der Waals surface area contributed by atoms with E-state index in [1.807, 2.05) is 31.3 Å². The second kappa shape index (κ2) is 6.53. The van der Waals surface area contributed by atoms with Crippen LogP contribution in [-0.2, 0) is 10.8 Å². The molecule has 0 amide bonds. The van der Waals surface area contributed by atoms with Crippen molar-refractivity contribution in [1.29, 1.82) is 0 Å². The number of methoxy groups -OCH3 is 1. The minimum Gasteiger partial charge on any atom is -0.495 e. The first-order valence-electron chi connectivity index (χ1n) is 6.88. The van der Waals surface area contributed by atoms with Crippen molar-refractivity contribution in [2.45, 2.75) is 42.4 Å². The first kappa shape index (κ1) is 14.5. The standard InChI is InChI=1S/C15H23NO2S/c1-11-8-9-12(16-2)15(10-11)19(17)14-7-5-4-6-13(14)18-3/h4-7,11-12,15-16H,8-10H2,1-3H3. The van der Waals surface area contributed by atoms with Gasteiger partial charge in [0.1, 0.15) is 5.75 Å². The lowest BCUT2D eigenvalue weighted by molar-refractivity contribution is 0.324. The van der Waals surface area contributed by atoms with Gasteiger partial charge in [0.05, 0.1) is 28.1 Å². The van der Waals surface area contributed by atoms with Crippen molar-refractivity contribution in [2.75, 3.05) is 14.2 Å². The van der Waals surface area contributed by atoms with E-state index in [0.717, 1.165) is 23.5 Å². The third-order valence-electron chi connectivity index (χ3n) is 3.99. The molecule has 0 heterocycles. The van der Waals surface area contributed by atoms with E-state index in [4.69, 9.17) is 4.74 Å². The van der Waals surface area contributed by atoms with Gasteiger partial charge in [-0.25, -0.2) is 0 Å². The molecule has 4 heteroatoms. The Balaban J connectivity index is 2.26. The van der Waals surface area contributed by atoms with Gasteiger partial charge in [0.2, 0.25) is 0 Å². The van der Waals surface area contributed by atoms with Crippen LogP contribution in [0.25, 0.3) is 0 Å². The smallest absolute Gasteiger partial charge is 0.134 e. The minimum atomic E-state index is -1.02. The monoisotopic (exact) mass is 281 g/mol. The molecule has 3 nitrogen and oxygen atoms in total. The summed E-state index contributed by atoms with van der Waals surface area (Å²) in [5, 5.41) is 3.50. The zero-order valence-electron chi connectivity index (χ0n) is 11.9. The predicted octanol–water partition coefficient (Wildman–Crippen LogP) is 2.58. The van der Waals surface area contributed by atoms with E-state index >= 15 is 0 Å². The third kappa shape index (κ3) is 3.18. The minimum absolute atomic E-state index is 0.171. The van der Waals surface area contributed by atoms with Crippen LogP contribution in [0, 0.1) is 5.92 Å². The van der Waals surface area contributed by atoms with Crippen LogP contribution in [-0.4, -0.2) is 29.7 Å². The molecule has 0 aromatic heterocycles. The Kier molecular flexibility index (Phi) is 4.99. The molecule has 0 spiro atoms. The maximum atomic E-state index is 12.9. The number of para-hydroxylation sites is 1. The predicted molar refractivity (Wildman–Crippen MR) is 79.1 cm³/mol. The second-order valence-corrected chi connectivity index (χ2v) is 6.94. The molecule has 1 aliphatic carbocycles. The maximum absolute atomic E-state index is 12.9. The third-order valence-corrected chi connectivity index (χ3v) is 5.83. The van der Waals surface area contributed by atoms with Crippen molar-refractivity contribution < 1.29 is 8.95 Å². The molecule has 1 aromatic carbocycles. The summed E-state index contributed by atoms with van der Waals surface area (Å²) in [5.74, 6) is 1.38. The average molecular weight is 281 g/mol. The van der Waals surface area contributed by atoms with Gasteiger partial charge in [-0.05, 0) is 44.4 Å². The van der Waals surface area contributed by atoms with E-state index in [1.165, 1.54) is 6.42 Å². The highest BCUT2D eigenvalue weighted by molar-refractivity contribution is 7.85. The summed E-state index contributed by atoms with van der Waals surface area (Å²) < 4.78 is 18.2. The molecule has 4 unspecified atom stereocenters. The van der Waals surface area contributed by atoms with Crippen LogP contribution in [0.15, 0.2) is 29.2 Å². The first-order chi connectivity index (χ1) is 9.17. The molecule has 0 aliphatic heterocycles. The zero-order valence-corrected chi connectivity index (χ0v) is 12.7. The molecule has 1 saturated carbocycles. The highest BCUT2D eigenvalue weighted by Crippen LogP contribution is 2.32. The molecule has 106 valence electrons. The molecule has 1 aromatic rings. The van der Waals surface area contributed by atoms with E-state index in [1.54, 1.807) is 7.11 Å². The Labute approximate surface area is 118 Å². The molecule has 1 N–H and O–H groups in total. The van der Waals surface area contributed by atoms with Crippen LogP contribution in [0.2, 0.25) is 0 Å². The van der Waals surface area contributed by atoms with Gasteiger partial charge in [-0.1, -0.05) is 19.1 Å². The molecule has 4 atom stereocenters. The lowest BCUT2D eigenvalue weighted by Gasteiger charge is -2.34. The summed E-state index contributed by atoms with van der Waals surface area (Å²) in [6.45, 7) is 2.25. The van der Waals surface area contributed by atoms with Crippen LogP contribution in [0.4, 0.5) is 0 Å². The van der Waals surface area contributed by atoms with Gasteiger partial charge in [0.25, 0.3) is 0 Å². The summed E-state index contributed by atoms with van der Waals surface area (Å²) >= 11 is 0. The van der Waals surface area contributed by atoms with Crippen molar-refractivity contribution in [2.24, 2.45) is 5.92 Å². The Hall–Kier alpha value is -0.870. The van der Waals surface area contributed by atoms with Crippen LogP contribution in [0.5, 0.6) is 5.75 Å². The lowest BCUT2D eigenvalue weighted by atomic mass is 9.87. The number of rotatable bonds is 4. The number of hydrogen-bond donors (Lipinski definition) is 1. The van der Waals surface area contributed by atoms with Gasteiger partial charge in [0, 0.05) is 6.04 Å². The molecule has 1 fully saturated rings. The van der Waals surface area contributed by atoms with Crippen LogP contribution >= 0.6 is 0 Å².